The van der Waals surface area contributed by atoms with Crippen LogP contribution in [0.25, 0.3) is 0 Å². The second kappa shape index (κ2) is 30.2. The van der Waals surface area contributed by atoms with Gasteiger partial charge < -0.3 is 10.6 Å². The summed E-state index contributed by atoms with van der Waals surface area (Å²) in [6.45, 7) is 17.0. The lowest BCUT2D eigenvalue weighted by Gasteiger charge is -2.08. The molecule has 0 amide bonds. The normalized spacial score (nSPS) is 17.0. The van der Waals surface area contributed by atoms with Crippen LogP contribution in [0.4, 0.5) is 0 Å². The highest BCUT2D eigenvalue weighted by molar-refractivity contribution is 4.55. The Balaban J connectivity index is -0.000000178. The molecule has 2 N–H and O–H groups in total. The van der Waals surface area contributed by atoms with Gasteiger partial charge in [0, 0.05) is 0 Å². The maximum absolute atomic E-state index is 3.28. The Morgan fingerprint density at radius 2 is 0.611 bits per heavy atom. The largest absolute Gasteiger partial charge is 0.317 e. The van der Waals surface area contributed by atoms with Gasteiger partial charge in [0.2, 0.25) is 0 Å². The zero-order valence-electron chi connectivity index (χ0n) is 14.1. The summed E-state index contributed by atoms with van der Waals surface area (Å²) in [4.78, 5) is 0. The van der Waals surface area contributed by atoms with E-state index in [1.165, 1.54) is 64.7 Å². The number of nitrogens with one attached hydrogen (secondary N) is 2. The molecule has 0 aromatic carbocycles. The lowest BCUT2D eigenvalue weighted by atomic mass is 10.2. The first kappa shape index (κ1) is 23.0. The topological polar surface area (TPSA) is 24.1 Å². The van der Waals surface area contributed by atoms with E-state index < -0.39 is 0 Å². The molecular formula is C16H40N2. The van der Waals surface area contributed by atoms with Crippen molar-refractivity contribution in [3.05, 3.63) is 0 Å². The fraction of sp³-hybridized carbons (Fsp3) is 1.00. The quantitative estimate of drug-likeness (QED) is 0.665. The van der Waals surface area contributed by atoms with E-state index in [9.17, 15) is 0 Å². The van der Waals surface area contributed by atoms with E-state index in [1.807, 2.05) is 41.5 Å². The number of rotatable bonds is 0. The molecule has 2 nitrogen and oxygen atoms in total. The Morgan fingerprint density at radius 1 is 0.389 bits per heavy atom. The molecule has 114 valence electrons. The monoisotopic (exact) mass is 260 g/mol. The van der Waals surface area contributed by atoms with Crippen molar-refractivity contribution in [3.63, 3.8) is 0 Å². The summed E-state index contributed by atoms with van der Waals surface area (Å²) < 4.78 is 0. The van der Waals surface area contributed by atoms with Crippen LogP contribution in [0, 0.1) is 0 Å². The highest BCUT2D eigenvalue weighted by atomic mass is 14.9. The minimum atomic E-state index is 1.25. The third kappa shape index (κ3) is 24.9. The van der Waals surface area contributed by atoms with Gasteiger partial charge in [0.25, 0.3) is 0 Å². The molecule has 2 saturated heterocycles. The smallest absolute Gasteiger partial charge is 0.00489 e. The molecule has 0 unspecified atom stereocenters. The van der Waals surface area contributed by atoms with Gasteiger partial charge in [-0.25, -0.2) is 0 Å². The minimum Gasteiger partial charge on any atom is -0.317 e. The van der Waals surface area contributed by atoms with Gasteiger partial charge in [-0.15, -0.1) is 0 Å². The van der Waals surface area contributed by atoms with Gasteiger partial charge in [0.1, 0.15) is 0 Å². The molecule has 0 spiro atoms. The molecule has 0 aliphatic carbocycles. The standard InChI is InChI=1S/2C5H11N.3C2H6/c2*1-2-4-6-5-3-1;3*1-2/h2*6H,1-5H2;3*1-2H3. The van der Waals surface area contributed by atoms with Gasteiger partial charge in [-0.05, 0) is 51.9 Å². The fourth-order valence-corrected chi connectivity index (χ4v) is 1.60. The van der Waals surface area contributed by atoms with Crippen molar-refractivity contribution < 1.29 is 0 Å². The molecule has 2 heterocycles. The molecule has 0 saturated carbocycles. The highest BCUT2D eigenvalue weighted by Crippen LogP contribution is 1.97. The van der Waals surface area contributed by atoms with Crippen molar-refractivity contribution in [2.24, 2.45) is 0 Å². The Hall–Kier alpha value is -0.0800. The SMILES string of the molecule is C1CCNCC1.C1CCNCC1.CC.CC.CC. The maximum atomic E-state index is 3.28. The summed E-state index contributed by atoms with van der Waals surface area (Å²) in [6.07, 6.45) is 8.43. The molecule has 18 heavy (non-hydrogen) atoms. The first-order valence-corrected chi connectivity index (χ1v) is 8.41. The Labute approximate surface area is 117 Å². The van der Waals surface area contributed by atoms with Crippen LogP contribution in [-0.4, -0.2) is 26.2 Å². The summed E-state index contributed by atoms with van der Waals surface area (Å²) in [6, 6.07) is 0. The average molecular weight is 261 g/mol. The van der Waals surface area contributed by atoms with Crippen molar-refractivity contribution in [1.29, 1.82) is 0 Å². The fourth-order valence-electron chi connectivity index (χ4n) is 1.60. The van der Waals surface area contributed by atoms with Gasteiger partial charge in [-0.1, -0.05) is 54.4 Å². The summed E-state index contributed by atoms with van der Waals surface area (Å²) in [5, 5.41) is 6.57. The molecule has 2 aliphatic heterocycles. The molecule has 2 fully saturated rings. The first-order valence-electron chi connectivity index (χ1n) is 8.41. The van der Waals surface area contributed by atoms with Crippen LogP contribution in [0.15, 0.2) is 0 Å². The van der Waals surface area contributed by atoms with Crippen LogP contribution in [0.1, 0.15) is 80.1 Å². The van der Waals surface area contributed by atoms with Crippen molar-refractivity contribution >= 4 is 0 Å². The van der Waals surface area contributed by atoms with Crippen LogP contribution >= 0.6 is 0 Å². The van der Waals surface area contributed by atoms with E-state index in [4.69, 9.17) is 0 Å². The molecule has 0 aromatic rings. The minimum absolute atomic E-state index is 1.25. The van der Waals surface area contributed by atoms with Gasteiger partial charge >= 0.3 is 0 Å². The zero-order chi connectivity index (χ0) is 14.5. The Kier molecular flexibility index (Phi) is 38.6. The third-order valence-electron chi connectivity index (χ3n) is 2.41. The van der Waals surface area contributed by atoms with Crippen molar-refractivity contribution in [3.8, 4) is 0 Å². The number of hydrogen-bond acceptors (Lipinski definition) is 2. The predicted octanol–water partition coefficient (Wildman–Crippen LogP) is 4.60. The summed E-state index contributed by atoms with van der Waals surface area (Å²) >= 11 is 0. The molecule has 0 aromatic heterocycles. The van der Waals surface area contributed by atoms with Crippen LogP contribution in [0.5, 0.6) is 0 Å². The van der Waals surface area contributed by atoms with Crippen molar-refractivity contribution in [2.75, 3.05) is 26.2 Å². The molecular weight excluding hydrogens is 220 g/mol. The number of hydrogen-bond donors (Lipinski definition) is 2. The average Bonchev–Trinajstić information content (AvgIpc) is 2.57. The first-order chi connectivity index (χ1) is 9.00. The van der Waals surface area contributed by atoms with E-state index in [1.54, 1.807) is 0 Å². The van der Waals surface area contributed by atoms with E-state index in [0.29, 0.717) is 0 Å². The molecule has 0 radical (unpaired) electrons. The highest BCUT2D eigenvalue weighted by Gasteiger charge is 1.94. The summed E-state index contributed by atoms with van der Waals surface area (Å²) in [7, 11) is 0. The zero-order valence-corrected chi connectivity index (χ0v) is 14.1. The van der Waals surface area contributed by atoms with Gasteiger partial charge in [-0.2, -0.15) is 0 Å². The second-order valence-corrected chi connectivity index (χ2v) is 3.62. The Bertz CT molecular complexity index is 52.1. The molecule has 2 rings (SSSR count). The van der Waals surface area contributed by atoms with Crippen LogP contribution in [0.3, 0.4) is 0 Å². The van der Waals surface area contributed by atoms with E-state index in [0.717, 1.165) is 0 Å². The molecule has 2 aliphatic rings. The van der Waals surface area contributed by atoms with E-state index in [2.05, 4.69) is 10.6 Å². The number of piperidine rings is 2. The van der Waals surface area contributed by atoms with Crippen molar-refractivity contribution in [1.82, 2.24) is 10.6 Å². The van der Waals surface area contributed by atoms with E-state index >= 15 is 0 Å². The third-order valence-corrected chi connectivity index (χ3v) is 2.41. The predicted molar refractivity (Wildman–Crippen MR) is 87.5 cm³/mol. The molecule has 0 bridgehead atoms. The second-order valence-electron chi connectivity index (χ2n) is 3.62. The summed E-state index contributed by atoms with van der Waals surface area (Å²) in [5.41, 5.74) is 0. The van der Waals surface area contributed by atoms with Crippen LogP contribution < -0.4 is 10.6 Å². The van der Waals surface area contributed by atoms with E-state index in [-0.39, 0.29) is 0 Å². The Morgan fingerprint density at radius 3 is 0.667 bits per heavy atom. The van der Waals surface area contributed by atoms with Gasteiger partial charge in [0.05, 0.1) is 0 Å². The molecule has 0 atom stereocenters. The molecule has 2 heteroatoms. The lowest BCUT2D eigenvalue weighted by molar-refractivity contribution is 0.520. The maximum Gasteiger partial charge on any atom is -0.00489 e. The van der Waals surface area contributed by atoms with Crippen LogP contribution in [0.2, 0.25) is 0 Å². The van der Waals surface area contributed by atoms with Gasteiger partial charge in [-0.3, -0.25) is 0 Å². The van der Waals surface area contributed by atoms with Crippen molar-refractivity contribution in [2.45, 2.75) is 80.1 Å². The van der Waals surface area contributed by atoms with Crippen LogP contribution in [-0.2, 0) is 0 Å². The van der Waals surface area contributed by atoms with Gasteiger partial charge in [0.15, 0.2) is 0 Å². The lowest BCUT2D eigenvalue weighted by Crippen LogP contribution is -2.21. The summed E-state index contributed by atoms with van der Waals surface area (Å²) in [5.74, 6) is 0.